The second-order valence-corrected chi connectivity index (χ2v) is 6.41. The summed E-state index contributed by atoms with van der Waals surface area (Å²) in [5.41, 5.74) is 5.45. The summed E-state index contributed by atoms with van der Waals surface area (Å²) >= 11 is 0. The van der Waals surface area contributed by atoms with E-state index >= 15 is 0 Å². The van der Waals surface area contributed by atoms with Crippen molar-refractivity contribution in [1.29, 1.82) is 0 Å². The van der Waals surface area contributed by atoms with Gasteiger partial charge in [-0.2, -0.15) is 0 Å². The summed E-state index contributed by atoms with van der Waals surface area (Å²) in [7, 11) is -1.40. The van der Waals surface area contributed by atoms with Gasteiger partial charge in [-0.05, 0) is 24.9 Å². The van der Waals surface area contributed by atoms with Gasteiger partial charge in [-0.15, -0.1) is 0 Å². The number of nitrogens with two attached hydrogens (primary N) is 1. The van der Waals surface area contributed by atoms with E-state index in [0.717, 1.165) is 6.42 Å². The van der Waals surface area contributed by atoms with Crippen molar-refractivity contribution in [1.82, 2.24) is 4.31 Å². The SMILES string of the molecule is CC(C)CN(CCCN)S(=O)c1cccc([N+](=O)[O-])c1. The topological polar surface area (TPSA) is 89.5 Å². The van der Waals surface area contributed by atoms with E-state index in [1.807, 2.05) is 18.2 Å². The van der Waals surface area contributed by atoms with Crippen LogP contribution < -0.4 is 5.73 Å². The Labute approximate surface area is 121 Å². The smallest absolute Gasteiger partial charge is 0.270 e. The summed E-state index contributed by atoms with van der Waals surface area (Å²) in [6, 6.07) is 5.97. The monoisotopic (exact) mass is 299 g/mol. The average Bonchev–Trinajstić information content (AvgIpc) is 2.42. The molecular weight excluding hydrogens is 278 g/mol. The first kappa shape index (κ1) is 16.7. The van der Waals surface area contributed by atoms with Gasteiger partial charge in [-0.1, -0.05) is 19.9 Å². The lowest BCUT2D eigenvalue weighted by molar-refractivity contribution is -0.385. The quantitative estimate of drug-likeness (QED) is 0.586. The summed E-state index contributed by atoms with van der Waals surface area (Å²) in [6.45, 7) is 5.89. The first-order valence-electron chi connectivity index (χ1n) is 6.57. The van der Waals surface area contributed by atoms with Crippen molar-refractivity contribution >= 4 is 16.7 Å². The summed E-state index contributed by atoms with van der Waals surface area (Å²) < 4.78 is 14.4. The van der Waals surface area contributed by atoms with E-state index in [4.69, 9.17) is 5.73 Å². The van der Waals surface area contributed by atoms with Gasteiger partial charge in [0.15, 0.2) is 0 Å². The van der Waals surface area contributed by atoms with E-state index in [1.54, 1.807) is 12.1 Å². The molecule has 1 aromatic rings. The molecule has 0 amide bonds. The number of hydrogen-bond acceptors (Lipinski definition) is 4. The fourth-order valence-electron chi connectivity index (χ4n) is 1.77. The number of rotatable bonds is 8. The Morgan fingerprint density at radius 1 is 1.45 bits per heavy atom. The third-order valence-corrected chi connectivity index (χ3v) is 4.10. The normalized spacial score (nSPS) is 12.8. The van der Waals surface area contributed by atoms with Crippen molar-refractivity contribution < 1.29 is 9.13 Å². The number of non-ortho nitro benzene ring substituents is 1. The highest BCUT2D eigenvalue weighted by Crippen LogP contribution is 2.19. The van der Waals surface area contributed by atoms with Crippen LogP contribution in [0.2, 0.25) is 0 Å². The molecule has 0 aliphatic rings. The predicted octanol–water partition coefficient (Wildman–Crippen LogP) is 1.92. The van der Waals surface area contributed by atoms with Crippen molar-refractivity contribution in [3.63, 3.8) is 0 Å². The molecule has 1 atom stereocenters. The number of benzene rings is 1. The number of nitro groups is 1. The van der Waals surface area contributed by atoms with Crippen LogP contribution in [0.3, 0.4) is 0 Å². The number of nitro benzene ring substituents is 1. The minimum absolute atomic E-state index is 0.0424. The maximum absolute atomic E-state index is 12.5. The molecule has 112 valence electrons. The largest absolute Gasteiger partial charge is 0.330 e. The van der Waals surface area contributed by atoms with Crippen LogP contribution in [-0.2, 0) is 11.0 Å². The fourth-order valence-corrected chi connectivity index (χ4v) is 3.21. The first-order chi connectivity index (χ1) is 9.45. The van der Waals surface area contributed by atoms with Gasteiger partial charge in [-0.3, -0.25) is 10.1 Å². The van der Waals surface area contributed by atoms with Gasteiger partial charge in [0.2, 0.25) is 0 Å². The van der Waals surface area contributed by atoms with Crippen molar-refractivity contribution in [2.75, 3.05) is 19.6 Å². The molecule has 0 spiro atoms. The molecule has 0 aromatic heterocycles. The van der Waals surface area contributed by atoms with Gasteiger partial charge < -0.3 is 5.73 Å². The van der Waals surface area contributed by atoms with Crippen molar-refractivity contribution in [2.45, 2.75) is 25.2 Å². The molecule has 0 aliphatic carbocycles. The molecule has 0 aliphatic heterocycles. The van der Waals surface area contributed by atoms with E-state index in [-0.39, 0.29) is 5.69 Å². The highest BCUT2D eigenvalue weighted by molar-refractivity contribution is 7.82. The molecule has 0 saturated heterocycles. The Balaban J connectivity index is 2.92. The number of nitrogens with zero attached hydrogens (tertiary/aromatic N) is 2. The van der Waals surface area contributed by atoms with Crippen molar-refractivity contribution in [2.24, 2.45) is 11.7 Å². The van der Waals surface area contributed by atoms with Gasteiger partial charge in [0, 0.05) is 25.2 Å². The maximum Gasteiger partial charge on any atom is 0.270 e. The van der Waals surface area contributed by atoms with Gasteiger partial charge in [-0.25, -0.2) is 8.51 Å². The Morgan fingerprint density at radius 3 is 2.70 bits per heavy atom. The van der Waals surface area contributed by atoms with Crippen LogP contribution in [0.4, 0.5) is 5.69 Å². The molecule has 7 heteroatoms. The molecule has 20 heavy (non-hydrogen) atoms. The standard InChI is InChI=1S/C13H21N3O3S/c1-11(2)10-15(8-4-7-14)20(19)13-6-3-5-12(9-13)16(17)18/h3,5-6,9,11H,4,7-8,10,14H2,1-2H3. The van der Waals surface area contributed by atoms with Gasteiger partial charge in [0.05, 0.1) is 9.82 Å². The Hall–Kier alpha value is -1.31. The molecule has 0 fully saturated rings. The second kappa shape index (κ2) is 8.08. The molecule has 1 aromatic carbocycles. The predicted molar refractivity (Wildman–Crippen MR) is 79.6 cm³/mol. The van der Waals surface area contributed by atoms with Crippen LogP contribution in [0.15, 0.2) is 29.2 Å². The lowest BCUT2D eigenvalue weighted by Crippen LogP contribution is -2.32. The van der Waals surface area contributed by atoms with E-state index < -0.39 is 15.9 Å². The van der Waals surface area contributed by atoms with Gasteiger partial charge in [0.25, 0.3) is 5.69 Å². The average molecular weight is 299 g/mol. The minimum atomic E-state index is -1.40. The molecule has 1 unspecified atom stereocenters. The molecule has 0 bridgehead atoms. The van der Waals surface area contributed by atoms with Crippen LogP contribution in [0.5, 0.6) is 0 Å². The highest BCUT2D eigenvalue weighted by Gasteiger charge is 2.18. The third-order valence-electron chi connectivity index (χ3n) is 2.65. The van der Waals surface area contributed by atoms with E-state index in [0.29, 0.717) is 30.4 Å². The zero-order chi connectivity index (χ0) is 15.1. The Bertz CT molecular complexity index is 480. The molecule has 2 N–H and O–H groups in total. The Morgan fingerprint density at radius 2 is 2.15 bits per heavy atom. The third kappa shape index (κ3) is 4.99. The van der Waals surface area contributed by atoms with E-state index in [9.17, 15) is 14.3 Å². The molecule has 0 saturated carbocycles. The van der Waals surface area contributed by atoms with Crippen molar-refractivity contribution in [3.05, 3.63) is 34.4 Å². The number of hydrogen-bond donors (Lipinski definition) is 1. The summed E-state index contributed by atoms with van der Waals surface area (Å²) in [4.78, 5) is 10.7. The summed E-state index contributed by atoms with van der Waals surface area (Å²) in [5, 5.41) is 10.8. The van der Waals surface area contributed by atoms with Crippen LogP contribution in [-0.4, -0.2) is 33.1 Å². The first-order valence-corrected chi connectivity index (χ1v) is 7.67. The van der Waals surface area contributed by atoms with E-state index in [2.05, 4.69) is 0 Å². The molecular formula is C13H21N3O3S. The summed E-state index contributed by atoms with van der Waals surface area (Å²) in [6.07, 6.45) is 0.743. The van der Waals surface area contributed by atoms with E-state index in [1.165, 1.54) is 12.1 Å². The molecule has 6 nitrogen and oxygen atoms in total. The lowest BCUT2D eigenvalue weighted by atomic mass is 10.2. The van der Waals surface area contributed by atoms with Crippen LogP contribution in [0.1, 0.15) is 20.3 Å². The van der Waals surface area contributed by atoms with Crippen LogP contribution >= 0.6 is 0 Å². The summed E-state index contributed by atoms with van der Waals surface area (Å²) in [5.74, 6) is 0.357. The molecule has 1 rings (SSSR count). The van der Waals surface area contributed by atoms with Crippen LogP contribution in [0, 0.1) is 16.0 Å². The van der Waals surface area contributed by atoms with Crippen LogP contribution in [0.25, 0.3) is 0 Å². The zero-order valence-electron chi connectivity index (χ0n) is 11.8. The van der Waals surface area contributed by atoms with Crippen molar-refractivity contribution in [3.8, 4) is 0 Å². The molecule has 0 heterocycles. The Kier molecular flexibility index (Phi) is 6.77. The maximum atomic E-state index is 12.5. The minimum Gasteiger partial charge on any atom is -0.330 e. The lowest BCUT2D eigenvalue weighted by Gasteiger charge is -2.22. The zero-order valence-corrected chi connectivity index (χ0v) is 12.6. The fraction of sp³-hybridized carbons (Fsp3) is 0.538. The highest BCUT2D eigenvalue weighted by atomic mass is 32.2. The van der Waals surface area contributed by atoms with Gasteiger partial charge >= 0.3 is 0 Å². The second-order valence-electron chi connectivity index (χ2n) is 4.93. The van der Waals surface area contributed by atoms with Gasteiger partial charge in [0.1, 0.15) is 11.0 Å². The molecule has 0 radical (unpaired) electrons.